The fraction of sp³-hybridized carbons (Fsp3) is 0.462. The Hall–Kier alpha value is -1.50. The van der Waals surface area contributed by atoms with E-state index in [1.54, 1.807) is 24.3 Å². The lowest BCUT2D eigenvalue weighted by Crippen LogP contribution is -2.23. The number of nitrogens with one attached hydrogen (secondary N) is 1. The van der Waals surface area contributed by atoms with E-state index in [1.807, 2.05) is 0 Å². The van der Waals surface area contributed by atoms with E-state index in [9.17, 15) is 8.78 Å². The minimum absolute atomic E-state index is 0.0150. The third-order valence-corrected chi connectivity index (χ3v) is 4.19. The van der Waals surface area contributed by atoms with Crippen molar-refractivity contribution in [2.75, 3.05) is 11.9 Å². The summed E-state index contributed by atoms with van der Waals surface area (Å²) in [6.07, 6.45) is 2.49. The van der Waals surface area contributed by atoms with Gasteiger partial charge in [0.2, 0.25) is 0 Å². The highest BCUT2D eigenvalue weighted by atomic mass is 32.2. The molecule has 110 valence electrons. The number of amidine groups is 1. The maximum atomic E-state index is 12.5. The van der Waals surface area contributed by atoms with Crippen molar-refractivity contribution < 1.29 is 14.0 Å². The maximum absolute atomic E-state index is 12.5. The topological polar surface area (TPSA) is 70.6 Å². The summed E-state index contributed by atoms with van der Waals surface area (Å²) < 4.78 is 25.0. The lowest BCUT2D eigenvalue weighted by Gasteiger charge is -2.17. The standard InChI is InChI=1S/C13H17F2N3OS/c14-12(15)20-10-4-2-1-3-9(10)17-8-13(5-6-13)7-11(16)18-19/h1-4,12,17,19H,5-8H2,(H2,16,18). The molecule has 4 nitrogen and oxygen atoms in total. The fourth-order valence-corrected chi connectivity index (χ4v) is 2.72. The Morgan fingerprint density at radius 2 is 2.15 bits per heavy atom. The van der Waals surface area contributed by atoms with Gasteiger partial charge in [-0.05, 0) is 30.4 Å². The van der Waals surface area contributed by atoms with Gasteiger partial charge in [-0.15, -0.1) is 0 Å². The molecule has 0 radical (unpaired) electrons. The number of anilines is 1. The van der Waals surface area contributed by atoms with Crippen LogP contribution in [-0.2, 0) is 0 Å². The van der Waals surface area contributed by atoms with Crippen LogP contribution >= 0.6 is 11.8 Å². The summed E-state index contributed by atoms with van der Waals surface area (Å²) in [6, 6.07) is 6.99. The molecule has 20 heavy (non-hydrogen) atoms. The molecule has 1 saturated carbocycles. The van der Waals surface area contributed by atoms with Crippen molar-refractivity contribution in [2.45, 2.75) is 29.9 Å². The molecule has 4 N–H and O–H groups in total. The molecule has 0 saturated heterocycles. The second-order valence-electron chi connectivity index (χ2n) is 5.00. The van der Waals surface area contributed by atoms with Crippen LogP contribution < -0.4 is 11.1 Å². The first-order valence-electron chi connectivity index (χ1n) is 6.29. The summed E-state index contributed by atoms with van der Waals surface area (Å²) in [7, 11) is 0. The van der Waals surface area contributed by atoms with E-state index >= 15 is 0 Å². The Labute approximate surface area is 120 Å². The molecular formula is C13H17F2N3OS. The van der Waals surface area contributed by atoms with Crippen molar-refractivity contribution in [2.24, 2.45) is 16.3 Å². The molecule has 0 amide bonds. The summed E-state index contributed by atoms with van der Waals surface area (Å²) in [5, 5.41) is 14.8. The average molecular weight is 301 g/mol. The van der Waals surface area contributed by atoms with E-state index in [0.717, 1.165) is 12.8 Å². The Balaban J connectivity index is 1.97. The van der Waals surface area contributed by atoms with Gasteiger partial charge < -0.3 is 16.3 Å². The molecule has 0 aromatic heterocycles. The highest BCUT2D eigenvalue weighted by Gasteiger charge is 2.43. The lowest BCUT2D eigenvalue weighted by molar-refractivity contribution is 0.252. The quantitative estimate of drug-likeness (QED) is 0.237. The zero-order valence-electron chi connectivity index (χ0n) is 10.9. The monoisotopic (exact) mass is 301 g/mol. The predicted molar refractivity (Wildman–Crippen MR) is 76.5 cm³/mol. The third-order valence-electron chi connectivity index (χ3n) is 3.40. The van der Waals surface area contributed by atoms with Crippen molar-refractivity contribution in [1.29, 1.82) is 0 Å². The number of hydrogen-bond donors (Lipinski definition) is 3. The fourth-order valence-electron chi connectivity index (χ4n) is 2.11. The number of halogens is 2. The normalized spacial score (nSPS) is 17.2. The third kappa shape index (κ3) is 4.00. The van der Waals surface area contributed by atoms with Gasteiger partial charge in [-0.3, -0.25) is 0 Å². The van der Waals surface area contributed by atoms with Crippen LogP contribution in [-0.4, -0.2) is 23.3 Å². The van der Waals surface area contributed by atoms with Gasteiger partial charge in [0.15, 0.2) is 0 Å². The number of oxime groups is 1. The zero-order chi connectivity index (χ0) is 14.6. The molecule has 1 aliphatic carbocycles. The van der Waals surface area contributed by atoms with Crippen molar-refractivity contribution in [3.8, 4) is 0 Å². The first-order chi connectivity index (χ1) is 9.54. The average Bonchev–Trinajstić information content (AvgIpc) is 3.17. The largest absolute Gasteiger partial charge is 0.409 e. The smallest absolute Gasteiger partial charge is 0.288 e. The highest BCUT2D eigenvalue weighted by Crippen LogP contribution is 2.49. The zero-order valence-corrected chi connectivity index (χ0v) is 11.7. The number of alkyl halides is 2. The van der Waals surface area contributed by atoms with Crippen LogP contribution in [0.25, 0.3) is 0 Å². The molecule has 0 aliphatic heterocycles. The molecule has 0 unspecified atom stereocenters. The number of thioether (sulfide) groups is 1. The summed E-state index contributed by atoms with van der Waals surface area (Å²) in [5.41, 5.74) is 6.22. The first kappa shape index (κ1) is 14.9. The Morgan fingerprint density at radius 3 is 2.75 bits per heavy atom. The van der Waals surface area contributed by atoms with Gasteiger partial charge in [-0.25, -0.2) is 0 Å². The van der Waals surface area contributed by atoms with E-state index < -0.39 is 5.76 Å². The summed E-state index contributed by atoms with van der Waals surface area (Å²) in [4.78, 5) is 0.530. The molecule has 1 fully saturated rings. The molecule has 0 heterocycles. The second kappa shape index (κ2) is 6.30. The summed E-state index contributed by atoms with van der Waals surface area (Å²) in [6.45, 7) is 0.629. The van der Waals surface area contributed by atoms with Gasteiger partial charge in [0.05, 0.1) is 0 Å². The summed E-state index contributed by atoms with van der Waals surface area (Å²) >= 11 is 0.530. The molecule has 1 aromatic carbocycles. The number of para-hydroxylation sites is 1. The van der Waals surface area contributed by atoms with Gasteiger partial charge in [-0.2, -0.15) is 8.78 Å². The van der Waals surface area contributed by atoms with Crippen molar-refractivity contribution in [3.63, 3.8) is 0 Å². The van der Waals surface area contributed by atoms with Gasteiger partial charge >= 0.3 is 0 Å². The Kier molecular flexibility index (Phi) is 4.69. The number of nitrogens with two attached hydrogens (primary N) is 1. The van der Waals surface area contributed by atoms with Gasteiger partial charge in [0.25, 0.3) is 5.76 Å². The van der Waals surface area contributed by atoms with E-state index in [4.69, 9.17) is 10.9 Å². The Morgan fingerprint density at radius 1 is 1.45 bits per heavy atom. The van der Waals surface area contributed by atoms with Crippen LogP contribution in [0, 0.1) is 5.41 Å². The first-order valence-corrected chi connectivity index (χ1v) is 7.17. The van der Waals surface area contributed by atoms with Crippen molar-refractivity contribution >= 4 is 23.3 Å². The van der Waals surface area contributed by atoms with Gasteiger partial charge in [-0.1, -0.05) is 29.1 Å². The second-order valence-corrected chi connectivity index (χ2v) is 6.03. The molecule has 0 spiro atoms. The van der Waals surface area contributed by atoms with Gasteiger partial charge in [0, 0.05) is 23.5 Å². The number of hydrogen-bond acceptors (Lipinski definition) is 4. The van der Waals surface area contributed by atoms with E-state index in [2.05, 4.69) is 10.5 Å². The van der Waals surface area contributed by atoms with Crippen molar-refractivity contribution in [1.82, 2.24) is 0 Å². The maximum Gasteiger partial charge on any atom is 0.288 e. The molecule has 0 bridgehead atoms. The number of benzene rings is 1. The van der Waals surface area contributed by atoms with E-state index in [1.165, 1.54) is 0 Å². The predicted octanol–water partition coefficient (Wildman–Crippen LogP) is 3.33. The number of rotatable bonds is 7. The van der Waals surface area contributed by atoms with Crippen LogP contribution in [0.5, 0.6) is 0 Å². The van der Waals surface area contributed by atoms with Crippen LogP contribution in [0.1, 0.15) is 19.3 Å². The van der Waals surface area contributed by atoms with Crippen molar-refractivity contribution in [3.05, 3.63) is 24.3 Å². The molecule has 1 aromatic rings. The molecule has 1 aliphatic rings. The molecular weight excluding hydrogens is 284 g/mol. The van der Waals surface area contributed by atoms with Gasteiger partial charge in [0.1, 0.15) is 5.84 Å². The molecule has 2 rings (SSSR count). The minimum atomic E-state index is -2.44. The SMILES string of the molecule is NC(CC1(CNc2ccccc2SC(F)F)CC1)=NO. The molecule has 7 heteroatoms. The number of nitrogens with zero attached hydrogens (tertiary/aromatic N) is 1. The van der Waals surface area contributed by atoms with Crippen LogP contribution in [0.15, 0.2) is 34.3 Å². The lowest BCUT2D eigenvalue weighted by atomic mass is 10.0. The van der Waals surface area contributed by atoms with E-state index in [-0.39, 0.29) is 11.3 Å². The minimum Gasteiger partial charge on any atom is -0.409 e. The highest BCUT2D eigenvalue weighted by molar-refractivity contribution is 7.99. The van der Waals surface area contributed by atoms with E-state index in [0.29, 0.717) is 35.3 Å². The Bertz CT molecular complexity index is 492. The van der Waals surface area contributed by atoms with Crippen LogP contribution in [0.4, 0.5) is 14.5 Å². The molecule has 0 atom stereocenters. The van der Waals surface area contributed by atoms with Crippen LogP contribution in [0.3, 0.4) is 0 Å². The van der Waals surface area contributed by atoms with Crippen LogP contribution in [0.2, 0.25) is 0 Å². The summed E-state index contributed by atoms with van der Waals surface area (Å²) in [5.74, 6) is -2.23.